The molecule has 0 unspecified atom stereocenters. The van der Waals surface area contributed by atoms with E-state index in [1.807, 2.05) is 6.08 Å². The van der Waals surface area contributed by atoms with Gasteiger partial charge in [0.2, 0.25) is 0 Å². The predicted molar refractivity (Wildman–Crippen MR) is 106 cm³/mol. The molecule has 1 aliphatic rings. The molecule has 0 aromatic carbocycles. The first-order valence-electron chi connectivity index (χ1n) is 9.29. The van der Waals surface area contributed by atoms with Gasteiger partial charge in [0.25, 0.3) is 0 Å². The number of carbonyl (C=O) groups excluding carboxylic acids is 2. The summed E-state index contributed by atoms with van der Waals surface area (Å²) in [5.41, 5.74) is -0.498. The van der Waals surface area contributed by atoms with E-state index in [0.29, 0.717) is 13.2 Å². The molecule has 8 heteroatoms. The van der Waals surface area contributed by atoms with Gasteiger partial charge in [-0.05, 0) is 47.1 Å². The number of hydrogen-bond acceptors (Lipinski definition) is 6. The van der Waals surface area contributed by atoms with Crippen LogP contribution in [0.3, 0.4) is 0 Å². The lowest BCUT2D eigenvalue weighted by Gasteiger charge is -2.39. The van der Waals surface area contributed by atoms with Gasteiger partial charge in [-0.25, -0.2) is 9.59 Å². The Hall–Kier alpha value is -2.06. The lowest BCUT2D eigenvalue weighted by atomic mass is 10.0. The van der Waals surface area contributed by atoms with Crippen LogP contribution in [0.4, 0.5) is 9.59 Å². The lowest BCUT2D eigenvalue weighted by molar-refractivity contribution is -0.159. The molecule has 0 radical (unpaired) electrons. The standard InChI is InChI=1S/C20H34N2O6/c1-9-12-26-22(18(24)28-20(5,6)7)16-13-21(11-10-15(16)14-25-8)17(23)27-19(2,3)4/h9-10,16H,1,11-14H2,2-8H3/t16-/m0/s1. The van der Waals surface area contributed by atoms with Crippen molar-refractivity contribution in [1.82, 2.24) is 9.96 Å². The minimum Gasteiger partial charge on any atom is -0.444 e. The quantitative estimate of drug-likeness (QED) is 0.503. The van der Waals surface area contributed by atoms with Gasteiger partial charge in [-0.2, -0.15) is 5.06 Å². The zero-order valence-electron chi connectivity index (χ0n) is 18.1. The molecule has 8 nitrogen and oxygen atoms in total. The van der Waals surface area contributed by atoms with E-state index in [-0.39, 0.29) is 13.2 Å². The Morgan fingerprint density at radius 1 is 1.21 bits per heavy atom. The maximum Gasteiger partial charge on any atom is 0.435 e. The monoisotopic (exact) mass is 398 g/mol. The number of rotatable bonds is 6. The normalized spacial score (nSPS) is 17.6. The van der Waals surface area contributed by atoms with Crippen LogP contribution in [0.5, 0.6) is 0 Å². The van der Waals surface area contributed by atoms with Crippen molar-refractivity contribution in [2.45, 2.75) is 58.8 Å². The number of hydroxylamine groups is 2. The summed E-state index contributed by atoms with van der Waals surface area (Å²) >= 11 is 0. The van der Waals surface area contributed by atoms with Crippen LogP contribution >= 0.6 is 0 Å². The molecule has 0 aromatic rings. The summed E-state index contributed by atoms with van der Waals surface area (Å²) < 4.78 is 16.2. The fourth-order valence-electron chi connectivity index (χ4n) is 2.50. The Bertz CT molecular complexity index is 588. The van der Waals surface area contributed by atoms with E-state index in [1.54, 1.807) is 48.7 Å². The molecule has 28 heavy (non-hydrogen) atoms. The Balaban J connectivity index is 3.12. The molecule has 0 aromatic heterocycles. The average molecular weight is 399 g/mol. The highest BCUT2D eigenvalue weighted by atomic mass is 16.7. The van der Waals surface area contributed by atoms with Crippen LogP contribution in [-0.4, -0.2) is 72.8 Å². The largest absolute Gasteiger partial charge is 0.444 e. The van der Waals surface area contributed by atoms with Crippen LogP contribution in [0, 0.1) is 0 Å². The van der Waals surface area contributed by atoms with Gasteiger partial charge < -0.3 is 19.1 Å². The number of carbonyl (C=O) groups is 2. The van der Waals surface area contributed by atoms with Crippen molar-refractivity contribution in [2.24, 2.45) is 0 Å². The molecule has 0 saturated carbocycles. The van der Waals surface area contributed by atoms with E-state index in [0.717, 1.165) is 10.6 Å². The zero-order chi connectivity index (χ0) is 21.5. The van der Waals surface area contributed by atoms with E-state index >= 15 is 0 Å². The van der Waals surface area contributed by atoms with Gasteiger partial charge in [0.15, 0.2) is 0 Å². The molecular weight excluding hydrogens is 364 g/mol. The highest BCUT2D eigenvalue weighted by molar-refractivity contribution is 5.70. The highest BCUT2D eigenvalue weighted by Gasteiger charge is 2.37. The Kier molecular flexibility index (Phi) is 8.50. The Morgan fingerprint density at radius 3 is 2.32 bits per heavy atom. The average Bonchev–Trinajstić information content (AvgIpc) is 2.53. The molecule has 0 saturated heterocycles. The highest BCUT2D eigenvalue weighted by Crippen LogP contribution is 2.23. The first-order chi connectivity index (χ1) is 12.9. The smallest absolute Gasteiger partial charge is 0.435 e. The third-order valence-corrected chi connectivity index (χ3v) is 3.55. The minimum absolute atomic E-state index is 0.114. The van der Waals surface area contributed by atoms with Crippen LogP contribution in [0.25, 0.3) is 0 Å². The molecule has 0 N–H and O–H groups in total. The third kappa shape index (κ3) is 7.90. The Labute approximate surface area is 168 Å². The molecule has 1 heterocycles. The SMILES string of the molecule is C=CCON(C(=O)OC(C)(C)C)[C@H]1CN(C(=O)OC(C)(C)C)CC=C1COC. The molecule has 2 amide bonds. The molecule has 0 fully saturated rings. The zero-order valence-corrected chi connectivity index (χ0v) is 18.1. The van der Waals surface area contributed by atoms with E-state index in [2.05, 4.69) is 6.58 Å². The molecule has 1 aliphatic heterocycles. The van der Waals surface area contributed by atoms with Gasteiger partial charge in [-0.3, -0.25) is 4.84 Å². The number of hydrogen-bond donors (Lipinski definition) is 0. The van der Waals surface area contributed by atoms with E-state index in [1.165, 1.54) is 11.0 Å². The minimum atomic E-state index is -0.697. The summed E-state index contributed by atoms with van der Waals surface area (Å²) in [5, 5.41) is 1.15. The van der Waals surface area contributed by atoms with Crippen LogP contribution in [0.2, 0.25) is 0 Å². The van der Waals surface area contributed by atoms with Crippen molar-refractivity contribution in [3.8, 4) is 0 Å². The van der Waals surface area contributed by atoms with Gasteiger partial charge in [-0.15, -0.1) is 6.58 Å². The summed E-state index contributed by atoms with van der Waals surface area (Å²) in [6.45, 7) is 15.3. The van der Waals surface area contributed by atoms with Crippen molar-refractivity contribution >= 4 is 12.2 Å². The van der Waals surface area contributed by atoms with Crippen molar-refractivity contribution in [2.75, 3.05) is 33.4 Å². The fraction of sp³-hybridized carbons (Fsp3) is 0.700. The molecular formula is C20H34N2O6. The van der Waals surface area contributed by atoms with Crippen LogP contribution in [0.15, 0.2) is 24.3 Å². The van der Waals surface area contributed by atoms with Gasteiger partial charge >= 0.3 is 12.2 Å². The third-order valence-electron chi connectivity index (χ3n) is 3.55. The van der Waals surface area contributed by atoms with Gasteiger partial charge in [0, 0.05) is 13.7 Å². The number of amides is 2. The first kappa shape index (κ1) is 24.0. The summed E-state index contributed by atoms with van der Waals surface area (Å²) in [7, 11) is 1.57. The molecule has 0 spiro atoms. The first-order valence-corrected chi connectivity index (χ1v) is 9.29. The van der Waals surface area contributed by atoms with Crippen molar-refractivity contribution in [3.63, 3.8) is 0 Å². The van der Waals surface area contributed by atoms with E-state index < -0.39 is 29.4 Å². The summed E-state index contributed by atoms with van der Waals surface area (Å²) in [5.74, 6) is 0. The topological polar surface area (TPSA) is 77.5 Å². The molecule has 1 rings (SSSR count). The van der Waals surface area contributed by atoms with Gasteiger partial charge in [0.1, 0.15) is 17.2 Å². The number of nitrogens with zero attached hydrogens (tertiary/aromatic N) is 2. The van der Waals surface area contributed by atoms with E-state index in [4.69, 9.17) is 19.0 Å². The molecule has 0 bridgehead atoms. The van der Waals surface area contributed by atoms with Crippen LogP contribution < -0.4 is 0 Å². The van der Waals surface area contributed by atoms with Gasteiger partial charge in [0.05, 0.1) is 19.8 Å². The van der Waals surface area contributed by atoms with Gasteiger partial charge in [-0.1, -0.05) is 12.2 Å². The van der Waals surface area contributed by atoms with Crippen LogP contribution in [-0.2, 0) is 19.0 Å². The fourth-order valence-corrected chi connectivity index (χ4v) is 2.50. The van der Waals surface area contributed by atoms with Crippen molar-refractivity contribution < 1.29 is 28.6 Å². The summed E-state index contributed by atoms with van der Waals surface area (Å²) in [4.78, 5) is 32.4. The summed E-state index contributed by atoms with van der Waals surface area (Å²) in [6.07, 6.45) is 2.27. The second-order valence-corrected chi connectivity index (χ2v) is 8.50. The summed E-state index contributed by atoms with van der Waals surface area (Å²) in [6, 6.07) is -0.573. The Morgan fingerprint density at radius 2 is 1.82 bits per heavy atom. The maximum absolute atomic E-state index is 12.8. The molecule has 160 valence electrons. The predicted octanol–water partition coefficient (Wildman–Crippen LogP) is 3.53. The second kappa shape index (κ2) is 9.93. The number of methoxy groups -OCH3 is 1. The lowest BCUT2D eigenvalue weighted by Crippen LogP contribution is -2.54. The molecule has 1 atom stereocenters. The van der Waals surface area contributed by atoms with E-state index in [9.17, 15) is 9.59 Å². The van der Waals surface area contributed by atoms with Crippen molar-refractivity contribution in [3.05, 3.63) is 24.3 Å². The second-order valence-electron chi connectivity index (χ2n) is 8.50. The number of ether oxygens (including phenoxy) is 3. The van der Waals surface area contributed by atoms with Crippen LogP contribution in [0.1, 0.15) is 41.5 Å². The maximum atomic E-state index is 12.8. The van der Waals surface area contributed by atoms with Crippen molar-refractivity contribution in [1.29, 1.82) is 0 Å². The molecule has 0 aliphatic carbocycles.